The van der Waals surface area contributed by atoms with Crippen molar-refractivity contribution in [2.45, 2.75) is 30.6 Å². The molecule has 1 atom stereocenters. The Morgan fingerprint density at radius 1 is 1.29 bits per heavy atom. The van der Waals surface area contributed by atoms with Gasteiger partial charge in [0.1, 0.15) is 18.2 Å². The van der Waals surface area contributed by atoms with Gasteiger partial charge in [0.15, 0.2) is 0 Å². The first-order valence-electron chi connectivity index (χ1n) is 7.12. The summed E-state index contributed by atoms with van der Waals surface area (Å²) in [5.41, 5.74) is 0. The van der Waals surface area contributed by atoms with Crippen LogP contribution in [0.25, 0.3) is 0 Å². The molecule has 0 N–H and O–H groups in total. The number of hydrogen-bond donors (Lipinski definition) is 0. The Hall–Kier alpha value is -1.41. The van der Waals surface area contributed by atoms with Crippen LogP contribution in [-0.4, -0.2) is 61.2 Å². The molecule has 21 heavy (non-hydrogen) atoms. The topological polar surface area (TPSA) is 75.6 Å². The summed E-state index contributed by atoms with van der Waals surface area (Å²) in [7, 11) is 0.689. The second-order valence-electron chi connectivity index (χ2n) is 5.74. The first-order chi connectivity index (χ1) is 9.96. The minimum absolute atomic E-state index is 0.136. The van der Waals surface area contributed by atoms with Gasteiger partial charge in [-0.15, -0.1) is 0 Å². The molecule has 1 aromatic heterocycles. The zero-order valence-electron chi connectivity index (χ0n) is 12.3. The molecule has 2 fully saturated rings. The van der Waals surface area contributed by atoms with Crippen LogP contribution < -0.4 is 9.64 Å². The van der Waals surface area contributed by atoms with Crippen LogP contribution >= 0.6 is 0 Å². The van der Waals surface area contributed by atoms with E-state index in [0.29, 0.717) is 25.4 Å². The van der Waals surface area contributed by atoms with E-state index in [9.17, 15) is 8.42 Å². The Morgan fingerprint density at radius 2 is 2.05 bits per heavy atom. The van der Waals surface area contributed by atoms with Gasteiger partial charge in [0.05, 0.1) is 11.8 Å². The number of hydrogen-bond acceptors (Lipinski definition) is 6. The molecule has 0 aromatic carbocycles. The smallest absolute Gasteiger partial charge is 0.218 e. The molecule has 7 nitrogen and oxygen atoms in total. The van der Waals surface area contributed by atoms with E-state index < -0.39 is 10.0 Å². The van der Waals surface area contributed by atoms with E-state index >= 15 is 0 Å². The van der Waals surface area contributed by atoms with Crippen molar-refractivity contribution in [3.63, 3.8) is 0 Å². The van der Waals surface area contributed by atoms with Gasteiger partial charge < -0.3 is 9.64 Å². The largest absolute Gasteiger partial charge is 0.473 e. The molecule has 2 heterocycles. The van der Waals surface area contributed by atoms with Crippen molar-refractivity contribution in [3.8, 4) is 5.88 Å². The van der Waals surface area contributed by atoms with E-state index in [1.54, 1.807) is 10.4 Å². The molecule has 0 unspecified atom stereocenters. The Bertz CT molecular complexity index is 616. The van der Waals surface area contributed by atoms with Crippen LogP contribution in [0.1, 0.15) is 19.3 Å². The average molecular weight is 312 g/mol. The van der Waals surface area contributed by atoms with E-state index in [-0.39, 0.29) is 11.4 Å². The second kappa shape index (κ2) is 5.42. The van der Waals surface area contributed by atoms with Crippen LogP contribution in [0.4, 0.5) is 5.82 Å². The molecule has 3 rings (SSSR count). The van der Waals surface area contributed by atoms with Gasteiger partial charge in [0.2, 0.25) is 15.9 Å². The number of rotatable bonds is 5. The first kappa shape index (κ1) is 14.5. The monoisotopic (exact) mass is 312 g/mol. The zero-order valence-corrected chi connectivity index (χ0v) is 13.1. The summed E-state index contributed by atoms with van der Waals surface area (Å²) < 4.78 is 31.7. The lowest BCUT2D eigenvalue weighted by Gasteiger charge is -2.17. The summed E-state index contributed by atoms with van der Waals surface area (Å²) in [6.07, 6.45) is 3.61. The van der Waals surface area contributed by atoms with E-state index in [4.69, 9.17) is 4.74 Å². The van der Waals surface area contributed by atoms with Crippen molar-refractivity contribution >= 4 is 15.8 Å². The molecule has 2 aliphatic rings. The molecule has 1 saturated heterocycles. The Kier molecular flexibility index (Phi) is 3.75. The maximum absolute atomic E-state index is 12.2. The van der Waals surface area contributed by atoms with Gasteiger partial charge in [-0.25, -0.2) is 18.4 Å². The predicted octanol–water partition coefficient (Wildman–Crippen LogP) is 0.488. The third-order valence-corrected chi connectivity index (χ3v) is 6.15. The highest BCUT2D eigenvalue weighted by molar-refractivity contribution is 7.90. The van der Waals surface area contributed by atoms with Crippen LogP contribution in [0.15, 0.2) is 12.4 Å². The molecular weight excluding hydrogens is 292 g/mol. The molecule has 1 aliphatic carbocycles. The van der Waals surface area contributed by atoms with E-state index in [1.807, 2.05) is 19.0 Å². The molecule has 1 aliphatic heterocycles. The average Bonchev–Trinajstić information content (AvgIpc) is 3.20. The van der Waals surface area contributed by atoms with Gasteiger partial charge in [0.25, 0.3) is 0 Å². The Labute approximate surface area is 125 Å². The summed E-state index contributed by atoms with van der Waals surface area (Å²) in [6, 6.07) is 1.76. The van der Waals surface area contributed by atoms with Crippen LogP contribution in [0.2, 0.25) is 0 Å². The molecule has 0 amide bonds. The van der Waals surface area contributed by atoms with Gasteiger partial charge in [-0.2, -0.15) is 4.31 Å². The number of ether oxygens (including phenoxy) is 1. The molecule has 1 saturated carbocycles. The predicted molar refractivity (Wildman–Crippen MR) is 78.9 cm³/mol. The summed E-state index contributed by atoms with van der Waals surface area (Å²) in [5, 5.41) is -0.157. The lowest BCUT2D eigenvalue weighted by atomic mass is 10.3. The first-order valence-corrected chi connectivity index (χ1v) is 8.62. The Balaban J connectivity index is 1.63. The van der Waals surface area contributed by atoms with Crippen molar-refractivity contribution in [2.24, 2.45) is 0 Å². The summed E-state index contributed by atoms with van der Waals surface area (Å²) >= 11 is 0. The summed E-state index contributed by atoms with van der Waals surface area (Å²) in [6.45, 7) is 0.954. The lowest BCUT2D eigenvalue weighted by Crippen LogP contribution is -2.33. The molecule has 0 radical (unpaired) electrons. The van der Waals surface area contributed by atoms with Gasteiger partial charge in [-0.05, 0) is 19.3 Å². The third kappa shape index (κ3) is 3.11. The summed E-state index contributed by atoms with van der Waals surface area (Å²) in [4.78, 5) is 10.1. The highest BCUT2D eigenvalue weighted by Crippen LogP contribution is 2.33. The van der Waals surface area contributed by atoms with Gasteiger partial charge in [-0.1, -0.05) is 0 Å². The van der Waals surface area contributed by atoms with Crippen LogP contribution in [-0.2, 0) is 10.0 Å². The molecule has 0 spiro atoms. The highest BCUT2D eigenvalue weighted by atomic mass is 32.2. The number of anilines is 1. The van der Waals surface area contributed by atoms with Crippen LogP contribution in [0, 0.1) is 0 Å². The zero-order chi connectivity index (χ0) is 15.0. The standard InChI is InChI=1S/C13H20N4O3S/c1-16(2)12-7-13(15-9-14-12)20-10-5-6-17(8-10)21(18,19)11-3-4-11/h7,9-11H,3-6,8H2,1-2H3/t10-/m1/s1. The lowest BCUT2D eigenvalue weighted by molar-refractivity contribution is 0.206. The third-order valence-electron chi connectivity index (χ3n) is 3.79. The van der Waals surface area contributed by atoms with Crippen molar-refractivity contribution in [2.75, 3.05) is 32.1 Å². The van der Waals surface area contributed by atoms with Crippen molar-refractivity contribution in [1.29, 1.82) is 0 Å². The van der Waals surface area contributed by atoms with Crippen molar-refractivity contribution < 1.29 is 13.2 Å². The fourth-order valence-electron chi connectivity index (χ4n) is 2.41. The minimum atomic E-state index is -3.10. The molecule has 0 bridgehead atoms. The van der Waals surface area contributed by atoms with Crippen molar-refractivity contribution in [1.82, 2.24) is 14.3 Å². The number of sulfonamides is 1. The molecular formula is C13H20N4O3S. The maximum atomic E-state index is 12.2. The van der Waals surface area contributed by atoms with Crippen LogP contribution in [0.5, 0.6) is 5.88 Å². The maximum Gasteiger partial charge on any atom is 0.218 e. The SMILES string of the molecule is CN(C)c1cc(O[C@@H]2CCN(S(=O)(=O)C3CC3)C2)ncn1. The second-order valence-corrected chi connectivity index (χ2v) is 7.95. The molecule has 116 valence electrons. The number of aromatic nitrogens is 2. The normalized spacial score (nSPS) is 23.2. The molecule has 1 aromatic rings. The van der Waals surface area contributed by atoms with E-state index in [2.05, 4.69) is 9.97 Å². The van der Waals surface area contributed by atoms with E-state index in [0.717, 1.165) is 18.7 Å². The fraction of sp³-hybridized carbons (Fsp3) is 0.692. The summed E-state index contributed by atoms with van der Waals surface area (Å²) in [5.74, 6) is 1.25. The quantitative estimate of drug-likeness (QED) is 0.787. The number of nitrogens with zero attached hydrogens (tertiary/aromatic N) is 4. The Morgan fingerprint density at radius 3 is 2.71 bits per heavy atom. The minimum Gasteiger partial charge on any atom is -0.473 e. The van der Waals surface area contributed by atoms with Gasteiger partial charge in [-0.3, -0.25) is 0 Å². The van der Waals surface area contributed by atoms with Gasteiger partial charge in [0, 0.05) is 26.7 Å². The highest BCUT2D eigenvalue weighted by Gasteiger charge is 2.43. The van der Waals surface area contributed by atoms with E-state index in [1.165, 1.54) is 6.33 Å². The molecule has 8 heteroatoms. The fourth-order valence-corrected chi connectivity index (χ4v) is 4.30. The van der Waals surface area contributed by atoms with Crippen LogP contribution in [0.3, 0.4) is 0 Å². The van der Waals surface area contributed by atoms with Crippen molar-refractivity contribution in [3.05, 3.63) is 12.4 Å². The van der Waals surface area contributed by atoms with Gasteiger partial charge >= 0.3 is 0 Å².